The maximum absolute atomic E-state index is 16.1. The van der Waals surface area contributed by atoms with Crippen LogP contribution < -0.4 is 10.1 Å². The molecular weight excluding hydrogens is 363 g/mol. The number of benzene rings is 2. The Balaban J connectivity index is 1.65. The molecule has 7 heteroatoms. The quantitative estimate of drug-likeness (QED) is 0.878. The first-order valence-electron chi connectivity index (χ1n) is 9.13. The van der Waals surface area contributed by atoms with Gasteiger partial charge in [-0.05, 0) is 23.3 Å². The van der Waals surface area contributed by atoms with E-state index in [1.807, 2.05) is 18.2 Å². The molecule has 2 aromatic carbocycles. The number of halogens is 1. The number of rotatable bonds is 4. The van der Waals surface area contributed by atoms with Gasteiger partial charge in [-0.1, -0.05) is 42.5 Å². The van der Waals surface area contributed by atoms with Crippen molar-refractivity contribution in [3.63, 3.8) is 0 Å². The van der Waals surface area contributed by atoms with Gasteiger partial charge in [0, 0.05) is 19.0 Å². The summed E-state index contributed by atoms with van der Waals surface area (Å²) in [4.78, 5) is 26.5. The van der Waals surface area contributed by atoms with Crippen molar-refractivity contribution in [3.05, 3.63) is 65.7 Å². The van der Waals surface area contributed by atoms with Gasteiger partial charge < -0.3 is 14.8 Å². The molecule has 2 aromatic rings. The highest BCUT2D eigenvalue weighted by Crippen LogP contribution is 2.40. The average Bonchev–Trinajstić information content (AvgIpc) is 3.32. The molecule has 2 heterocycles. The molecule has 6 nitrogen and oxygen atoms in total. The Kier molecular flexibility index (Phi) is 4.77. The zero-order valence-electron chi connectivity index (χ0n) is 15.4. The minimum Gasteiger partial charge on any atom is -0.497 e. The molecule has 1 N–H and O–H groups in total. The summed E-state index contributed by atoms with van der Waals surface area (Å²) in [6.07, 6.45) is -0.809. The third-order valence-electron chi connectivity index (χ3n) is 5.43. The lowest BCUT2D eigenvalue weighted by Gasteiger charge is -2.30. The van der Waals surface area contributed by atoms with Crippen molar-refractivity contribution < 1.29 is 23.5 Å². The van der Waals surface area contributed by atoms with Crippen LogP contribution in [-0.4, -0.2) is 49.4 Å². The second kappa shape index (κ2) is 7.24. The van der Waals surface area contributed by atoms with Gasteiger partial charge in [-0.2, -0.15) is 0 Å². The summed E-state index contributed by atoms with van der Waals surface area (Å²) in [6, 6.07) is 15.4. The van der Waals surface area contributed by atoms with Gasteiger partial charge in [0.15, 0.2) is 0 Å². The van der Waals surface area contributed by atoms with Crippen LogP contribution in [0.1, 0.15) is 23.1 Å². The van der Waals surface area contributed by atoms with Crippen molar-refractivity contribution >= 4 is 12.0 Å². The number of alkyl halides is 1. The molecule has 0 aromatic heterocycles. The lowest BCUT2D eigenvalue weighted by Crippen LogP contribution is -2.51. The van der Waals surface area contributed by atoms with Crippen molar-refractivity contribution in [2.45, 2.75) is 17.6 Å². The molecule has 2 aliphatic heterocycles. The van der Waals surface area contributed by atoms with Crippen molar-refractivity contribution in [3.8, 4) is 5.75 Å². The van der Waals surface area contributed by atoms with Gasteiger partial charge in [0.25, 0.3) is 5.91 Å². The van der Waals surface area contributed by atoms with Gasteiger partial charge in [0.2, 0.25) is 5.67 Å². The predicted molar refractivity (Wildman–Crippen MR) is 99.8 cm³/mol. The lowest BCUT2D eigenvalue weighted by molar-refractivity contribution is -0.141. The number of hydrogen-bond acceptors (Lipinski definition) is 5. The van der Waals surface area contributed by atoms with E-state index in [1.54, 1.807) is 43.5 Å². The van der Waals surface area contributed by atoms with Crippen LogP contribution in [0.5, 0.6) is 5.75 Å². The SMILES string of the molecule is COc1ccc([C@H]2CNC[C@]2(F)C(=O)N2C(=O)OC[C@H]2c2ccccc2)cc1. The largest absolute Gasteiger partial charge is 0.497 e. The normalized spacial score (nSPS) is 26.9. The zero-order chi connectivity index (χ0) is 19.7. The van der Waals surface area contributed by atoms with Gasteiger partial charge in [0.1, 0.15) is 18.4 Å². The van der Waals surface area contributed by atoms with Gasteiger partial charge in [-0.15, -0.1) is 0 Å². The third-order valence-corrected chi connectivity index (χ3v) is 5.43. The summed E-state index contributed by atoms with van der Waals surface area (Å²) in [7, 11) is 1.55. The fourth-order valence-electron chi connectivity index (χ4n) is 3.89. The number of cyclic esters (lactones) is 1. The van der Waals surface area contributed by atoms with E-state index in [9.17, 15) is 9.59 Å². The van der Waals surface area contributed by atoms with Crippen LogP contribution in [-0.2, 0) is 9.53 Å². The highest BCUT2D eigenvalue weighted by Gasteiger charge is 2.56. The Morgan fingerprint density at radius 3 is 2.57 bits per heavy atom. The number of carbonyl (C=O) groups is 2. The maximum Gasteiger partial charge on any atom is 0.417 e. The van der Waals surface area contributed by atoms with Gasteiger partial charge >= 0.3 is 6.09 Å². The molecule has 28 heavy (non-hydrogen) atoms. The van der Waals surface area contributed by atoms with E-state index >= 15 is 4.39 Å². The number of hydrogen-bond donors (Lipinski definition) is 1. The second-order valence-electron chi connectivity index (χ2n) is 7.00. The fourth-order valence-corrected chi connectivity index (χ4v) is 3.89. The molecule has 2 fully saturated rings. The first kappa shape index (κ1) is 18.4. The van der Waals surface area contributed by atoms with Crippen LogP contribution in [0.2, 0.25) is 0 Å². The van der Waals surface area contributed by atoms with Crippen molar-refractivity contribution in [2.24, 2.45) is 0 Å². The summed E-state index contributed by atoms with van der Waals surface area (Å²) in [5.41, 5.74) is -0.840. The number of ether oxygens (including phenoxy) is 2. The van der Waals surface area contributed by atoms with Gasteiger partial charge in [-0.3, -0.25) is 4.79 Å². The molecule has 0 radical (unpaired) electrons. The molecule has 2 saturated heterocycles. The average molecular weight is 384 g/mol. The van der Waals surface area contributed by atoms with E-state index in [0.29, 0.717) is 17.9 Å². The molecule has 0 unspecified atom stereocenters. The molecular formula is C21H21FN2O4. The van der Waals surface area contributed by atoms with E-state index in [0.717, 1.165) is 10.5 Å². The molecule has 2 amide bonds. The summed E-state index contributed by atoms with van der Waals surface area (Å²) in [5.74, 6) is -0.928. The molecule has 0 aliphatic carbocycles. The highest BCUT2D eigenvalue weighted by molar-refractivity contribution is 5.99. The fraction of sp³-hybridized carbons (Fsp3) is 0.333. The summed E-state index contributed by atoms with van der Waals surface area (Å²) >= 11 is 0. The summed E-state index contributed by atoms with van der Waals surface area (Å²) in [5, 5.41) is 2.96. The number of nitrogens with zero attached hydrogens (tertiary/aromatic N) is 1. The Morgan fingerprint density at radius 1 is 1.18 bits per heavy atom. The Morgan fingerprint density at radius 2 is 1.89 bits per heavy atom. The molecule has 146 valence electrons. The van der Waals surface area contributed by atoms with Crippen LogP contribution >= 0.6 is 0 Å². The topological polar surface area (TPSA) is 67.9 Å². The highest BCUT2D eigenvalue weighted by atomic mass is 19.1. The smallest absolute Gasteiger partial charge is 0.417 e. The second-order valence-corrected chi connectivity index (χ2v) is 7.00. The Hall–Kier alpha value is -2.93. The van der Waals surface area contributed by atoms with E-state index in [4.69, 9.17) is 9.47 Å². The first-order chi connectivity index (χ1) is 13.5. The number of amides is 2. The van der Waals surface area contributed by atoms with Crippen LogP contribution in [0.4, 0.5) is 9.18 Å². The van der Waals surface area contributed by atoms with Crippen LogP contribution in [0.25, 0.3) is 0 Å². The number of methoxy groups -OCH3 is 1. The zero-order valence-corrected chi connectivity index (χ0v) is 15.4. The van der Waals surface area contributed by atoms with Gasteiger partial charge in [-0.25, -0.2) is 14.1 Å². The molecule has 0 spiro atoms. The van der Waals surface area contributed by atoms with Crippen molar-refractivity contribution in [1.29, 1.82) is 0 Å². The maximum atomic E-state index is 16.1. The van der Waals surface area contributed by atoms with Crippen molar-refractivity contribution in [2.75, 3.05) is 26.8 Å². The van der Waals surface area contributed by atoms with Crippen molar-refractivity contribution in [1.82, 2.24) is 10.2 Å². The summed E-state index contributed by atoms with van der Waals surface area (Å²) in [6.45, 7) is 0.159. The van der Waals surface area contributed by atoms with Crippen LogP contribution in [0.3, 0.4) is 0 Å². The number of imide groups is 1. The predicted octanol–water partition coefficient (Wildman–Crippen LogP) is 2.81. The Labute approximate surface area is 162 Å². The number of carbonyl (C=O) groups excluding carboxylic acids is 2. The monoisotopic (exact) mass is 384 g/mol. The third kappa shape index (κ3) is 3.01. The van der Waals surface area contributed by atoms with Gasteiger partial charge in [0.05, 0.1) is 7.11 Å². The standard InChI is InChI=1S/C21H21FN2O4/c1-27-16-9-7-14(8-10-16)17-11-23-13-21(17,22)19(25)24-18(12-28-20(24)26)15-5-3-2-4-6-15/h2-10,17-18,23H,11-13H2,1H3/t17-,18+,21-/m1/s1. The summed E-state index contributed by atoms with van der Waals surface area (Å²) < 4.78 is 26.3. The minimum absolute atomic E-state index is 0.0191. The Bertz CT molecular complexity index is 874. The van der Waals surface area contributed by atoms with Crippen LogP contribution in [0.15, 0.2) is 54.6 Å². The van der Waals surface area contributed by atoms with E-state index in [1.165, 1.54) is 0 Å². The molecule has 2 aliphatic rings. The number of nitrogens with one attached hydrogen (secondary N) is 1. The molecule has 0 saturated carbocycles. The molecule has 3 atom stereocenters. The van der Waals surface area contributed by atoms with E-state index < -0.39 is 29.6 Å². The minimum atomic E-state index is -2.25. The lowest BCUT2D eigenvalue weighted by atomic mass is 9.85. The van der Waals surface area contributed by atoms with Crippen LogP contribution in [0, 0.1) is 0 Å². The molecule has 4 rings (SSSR count). The van der Waals surface area contributed by atoms with E-state index in [2.05, 4.69) is 5.32 Å². The first-order valence-corrected chi connectivity index (χ1v) is 9.13. The van der Waals surface area contributed by atoms with E-state index in [-0.39, 0.29) is 13.2 Å². The molecule has 0 bridgehead atoms.